The van der Waals surface area contributed by atoms with Crippen molar-refractivity contribution in [2.24, 2.45) is 11.8 Å². The molecule has 0 spiro atoms. The third-order valence-electron chi connectivity index (χ3n) is 5.39. The molecule has 0 aromatic carbocycles. The summed E-state index contributed by atoms with van der Waals surface area (Å²) in [7, 11) is 1.50. The molecule has 2 aliphatic rings. The minimum absolute atomic E-state index is 0.134. The first-order chi connectivity index (χ1) is 13.0. The minimum Gasteiger partial charge on any atom is -0.481 e. The van der Waals surface area contributed by atoms with Gasteiger partial charge in [0.15, 0.2) is 5.82 Å². The number of ether oxygens (including phenoxy) is 2. The number of anilines is 1. The van der Waals surface area contributed by atoms with E-state index in [4.69, 9.17) is 9.47 Å². The molecule has 5 atom stereocenters. The van der Waals surface area contributed by atoms with Gasteiger partial charge in [0.2, 0.25) is 17.7 Å². The lowest BCUT2D eigenvalue weighted by molar-refractivity contribution is -0.122. The minimum atomic E-state index is -1.16. The van der Waals surface area contributed by atoms with Crippen molar-refractivity contribution in [2.45, 2.75) is 31.5 Å². The second-order valence-corrected chi connectivity index (χ2v) is 6.99. The Morgan fingerprint density at radius 3 is 2.81 bits per heavy atom. The van der Waals surface area contributed by atoms with Crippen LogP contribution in [0.4, 0.5) is 14.5 Å². The van der Waals surface area contributed by atoms with Crippen LogP contribution in [-0.2, 0) is 9.53 Å². The van der Waals surface area contributed by atoms with Gasteiger partial charge in [0, 0.05) is 23.7 Å². The maximum absolute atomic E-state index is 14.4. The Balaban J connectivity index is 1.63. The second kappa shape index (κ2) is 6.84. The van der Waals surface area contributed by atoms with Crippen LogP contribution >= 0.6 is 0 Å². The van der Waals surface area contributed by atoms with Crippen LogP contribution in [0.25, 0.3) is 0 Å². The lowest BCUT2D eigenvalue weighted by Gasteiger charge is -2.30. The Kier molecular flexibility index (Phi) is 4.51. The number of fused-ring (bicyclic) bond motifs is 2. The van der Waals surface area contributed by atoms with Crippen molar-refractivity contribution >= 4 is 11.6 Å². The molecule has 2 aromatic heterocycles. The smallest absolute Gasteiger partial charge is 0.249 e. The maximum Gasteiger partial charge on any atom is 0.249 e. The normalized spacial score (nSPS) is 29.0. The Hall–Kier alpha value is -2.61. The van der Waals surface area contributed by atoms with E-state index in [9.17, 15) is 13.6 Å². The van der Waals surface area contributed by atoms with Crippen molar-refractivity contribution in [3.63, 3.8) is 0 Å². The van der Waals surface area contributed by atoms with Gasteiger partial charge in [-0.2, -0.15) is 4.39 Å². The molecule has 142 valence electrons. The number of pyridine rings is 2. The van der Waals surface area contributed by atoms with E-state index in [1.807, 2.05) is 6.92 Å². The lowest BCUT2D eigenvalue weighted by Crippen LogP contribution is -2.39. The highest BCUT2D eigenvalue weighted by Gasteiger charge is 2.56. The molecule has 2 fully saturated rings. The molecule has 8 heteroatoms. The first kappa shape index (κ1) is 17.8. The van der Waals surface area contributed by atoms with Gasteiger partial charge in [-0.3, -0.25) is 4.79 Å². The summed E-state index contributed by atoms with van der Waals surface area (Å²) in [5.41, 5.74) is 0.631. The highest BCUT2D eigenvalue weighted by Crippen LogP contribution is 2.52. The van der Waals surface area contributed by atoms with Crippen molar-refractivity contribution in [1.82, 2.24) is 9.97 Å². The van der Waals surface area contributed by atoms with E-state index in [2.05, 4.69) is 15.3 Å². The van der Waals surface area contributed by atoms with Crippen molar-refractivity contribution in [3.05, 3.63) is 47.9 Å². The Labute approximate surface area is 154 Å². The molecule has 1 N–H and O–H groups in total. The number of aromatic nitrogens is 2. The monoisotopic (exact) mass is 375 g/mol. The molecule has 2 aromatic rings. The fraction of sp³-hybridized carbons (Fsp3) is 0.421. The van der Waals surface area contributed by atoms with Gasteiger partial charge in [-0.25, -0.2) is 14.4 Å². The van der Waals surface area contributed by atoms with E-state index in [1.165, 1.54) is 25.6 Å². The van der Waals surface area contributed by atoms with Crippen LogP contribution in [-0.4, -0.2) is 35.2 Å². The molecule has 0 aliphatic carbocycles. The molecule has 6 nitrogen and oxygen atoms in total. The molecule has 0 unspecified atom stereocenters. The van der Waals surface area contributed by atoms with E-state index in [0.29, 0.717) is 18.0 Å². The average Bonchev–Trinajstić information content (AvgIpc) is 3.21. The van der Waals surface area contributed by atoms with Gasteiger partial charge in [-0.1, -0.05) is 6.92 Å². The molecule has 4 heterocycles. The highest BCUT2D eigenvalue weighted by atomic mass is 19.2. The van der Waals surface area contributed by atoms with E-state index >= 15 is 0 Å². The summed E-state index contributed by atoms with van der Waals surface area (Å²) >= 11 is 0. The SMILES string of the molecule is COc1ccc(NC(=O)[C@@H]2[C@@H]3O[C@@H](C[C@@H]3C)[C@@H]2c2ccnc(F)c2F)cn1. The van der Waals surface area contributed by atoms with E-state index in [1.54, 1.807) is 12.1 Å². The van der Waals surface area contributed by atoms with E-state index in [0.717, 1.165) is 0 Å². The number of carbonyl (C=O) groups is 1. The largest absolute Gasteiger partial charge is 0.481 e. The number of hydrogen-bond acceptors (Lipinski definition) is 5. The Morgan fingerprint density at radius 2 is 2.11 bits per heavy atom. The average molecular weight is 375 g/mol. The van der Waals surface area contributed by atoms with Gasteiger partial charge in [-0.05, 0) is 24.5 Å². The number of hydrogen-bond donors (Lipinski definition) is 1. The lowest BCUT2D eigenvalue weighted by atomic mass is 9.71. The summed E-state index contributed by atoms with van der Waals surface area (Å²) < 4.78 is 39.0. The predicted octanol–water partition coefficient (Wildman–Crippen LogP) is 2.91. The number of carbonyl (C=O) groups excluding carboxylic acids is 1. The predicted molar refractivity (Wildman–Crippen MR) is 92.2 cm³/mol. The van der Waals surface area contributed by atoms with Crippen LogP contribution in [0.5, 0.6) is 5.88 Å². The first-order valence-electron chi connectivity index (χ1n) is 8.76. The van der Waals surface area contributed by atoms with Gasteiger partial charge in [-0.15, -0.1) is 0 Å². The number of halogens is 2. The van der Waals surface area contributed by atoms with Crippen LogP contribution < -0.4 is 10.1 Å². The van der Waals surface area contributed by atoms with Gasteiger partial charge in [0.1, 0.15) is 0 Å². The van der Waals surface area contributed by atoms with Crippen LogP contribution in [0.1, 0.15) is 24.8 Å². The van der Waals surface area contributed by atoms with Crippen LogP contribution in [0.2, 0.25) is 0 Å². The maximum atomic E-state index is 14.4. The number of rotatable bonds is 4. The van der Waals surface area contributed by atoms with Crippen molar-refractivity contribution in [3.8, 4) is 5.88 Å². The zero-order chi connectivity index (χ0) is 19.1. The fourth-order valence-electron chi connectivity index (χ4n) is 4.19. The van der Waals surface area contributed by atoms with Gasteiger partial charge in [0.05, 0.1) is 37.1 Å². The summed E-state index contributed by atoms with van der Waals surface area (Å²) in [6, 6.07) is 4.72. The number of amides is 1. The van der Waals surface area contributed by atoms with Gasteiger partial charge in [0.25, 0.3) is 0 Å². The Bertz CT molecular complexity index is 862. The van der Waals surface area contributed by atoms with Crippen molar-refractivity contribution in [2.75, 3.05) is 12.4 Å². The van der Waals surface area contributed by atoms with E-state index < -0.39 is 23.6 Å². The third kappa shape index (κ3) is 3.03. The first-order valence-corrected chi connectivity index (χ1v) is 8.76. The molecular weight excluding hydrogens is 356 g/mol. The molecule has 4 rings (SSSR count). The molecule has 2 saturated heterocycles. The zero-order valence-electron chi connectivity index (χ0n) is 14.9. The van der Waals surface area contributed by atoms with Gasteiger partial charge < -0.3 is 14.8 Å². The quantitative estimate of drug-likeness (QED) is 0.832. The van der Waals surface area contributed by atoms with Crippen LogP contribution in [0.15, 0.2) is 30.6 Å². The molecule has 1 amide bonds. The van der Waals surface area contributed by atoms with Crippen LogP contribution in [0.3, 0.4) is 0 Å². The topological polar surface area (TPSA) is 73.3 Å². The third-order valence-corrected chi connectivity index (χ3v) is 5.39. The second-order valence-electron chi connectivity index (χ2n) is 6.99. The van der Waals surface area contributed by atoms with Crippen molar-refractivity contribution in [1.29, 1.82) is 0 Å². The van der Waals surface area contributed by atoms with Gasteiger partial charge >= 0.3 is 0 Å². The highest BCUT2D eigenvalue weighted by molar-refractivity contribution is 5.94. The number of nitrogens with one attached hydrogen (secondary N) is 1. The van der Waals surface area contributed by atoms with E-state index in [-0.39, 0.29) is 29.6 Å². The number of methoxy groups -OCH3 is 1. The fourth-order valence-corrected chi connectivity index (χ4v) is 4.19. The molecule has 0 radical (unpaired) electrons. The summed E-state index contributed by atoms with van der Waals surface area (Å²) in [6.07, 6.45) is 2.72. The van der Waals surface area contributed by atoms with Crippen molar-refractivity contribution < 1.29 is 23.0 Å². The standard InChI is InChI=1S/C19H19F2N3O3/c1-9-7-12-14(11-5-6-22-18(21)16(11)20)15(17(9)27-12)19(25)24-10-3-4-13(26-2)23-8-10/h3-6,8-9,12,14-15,17H,7H2,1-2H3,(H,24,25)/t9-,12-,14-,15-,17+/m0/s1. The summed E-state index contributed by atoms with van der Waals surface area (Å²) in [5, 5.41) is 2.81. The molecule has 27 heavy (non-hydrogen) atoms. The molecular formula is C19H19F2N3O3. The molecule has 2 aliphatic heterocycles. The summed E-state index contributed by atoms with van der Waals surface area (Å²) in [5.74, 6) is -3.09. The zero-order valence-corrected chi connectivity index (χ0v) is 14.9. The molecule has 2 bridgehead atoms. The molecule has 0 saturated carbocycles. The summed E-state index contributed by atoms with van der Waals surface area (Å²) in [4.78, 5) is 20.4. The van der Waals surface area contributed by atoms with Crippen LogP contribution in [0, 0.1) is 23.6 Å². The number of nitrogens with zero attached hydrogens (tertiary/aromatic N) is 2. The Morgan fingerprint density at radius 1 is 1.30 bits per heavy atom. The summed E-state index contributed by atoms with van der Waals surface area (Å²) in [6.45, 7) is 2.00.